The first-order valence-electron chi connectivity index (χ1n) is 11.7. The average Bonchev–Trinajstić information content (AvgIpc) is 2.82. The summed E-state index contributed by atoms with van der Waals surface area (Å²) in [5, 5.41) is 10.4. The topological polar surface area (TPSA) is 62.2 Å². The van der Waals surface area contributed by atoms with Crippen LogP contribution in [0.3, 0.4) is 0 Å². The minimum Gasteiger partial charge on any atom is -0.495 e. The average molecular weight is 473 g/mol. The molecule has 2 heterocycles. The van der Waals surface area contributed by atoms with Crippen LogP contribution in [-0.4, -0.2) is 61.9 Å². The van der Waals surface area contributed by atoms with Crippen LogP contribution in [0.1, 0.15) is 41.6 Å². The number of aromatic carboxylic acids is 1. The number of benzene rings is 2. The van der Waals surface area contributed by atoms with Crippen molar-refractivity contribution in [2.45, 2.75) is 38.7 Å². The van der Waals surface area contributed by atoms with Crippen molar-refractivity contribution < 1.29 is 19.4 Å². The van der Waals surface area contributed by atoms with Gasteiger partial charge in [0.25, 0.3) is 0 Å². The number of nitrogens with zero attached hydrogens (tertiary/aromatic N) is 2. The molecule has 2 aliphatic heterocycles. The molecule has 0 radical (unpaired) electrons. The van der Waals surface area contributed by atoms with Gasteiger partial charge < -0.3 is 24.4 Å². The third kappa shape index (κ3) is 5.74. The van der Waals surface area contributed by atoms with E-state index in [0.29, 0.717) is 22.9 Å². The Kier molecular flexibility index (Phi) is 7.66. The molecule has 6 nitrogen and oxygen atoms in total. The summed E-state index contributed by atoms with van der Waals surface area (Å²) in [6.45, 7) is 6.92. The number of rotatable bonds is 7. The Morgan fingerprint density at radius 1 is 1.06 bits per heavy atom. The fourth-order valence-corrected chi connectivity index (χ4v) is 5.25. The molecule has 178 valence electrons. The van der Waals surface area contributed by atoms with Crippen LogP contribution in [0, 0.1) is 12.8 Å². The number of hydrogen-bond acceptors (Lipinski definition) is 5. The molecule has 0 amide bonds. The maximum absolute atomic E-state index is 11.7. The highest BCUT2D eigenvalue weighted by atomic mass is 35.5. The number of halogens is 1. The van der Waals surface area contributed by atoms with Crippen LogP contribution in [0.15, 0.2) is 36.4 Å². The molecule has 33 heavy (non-hydrogen) atoms. The second kappa shape index (κ2) is 10.7. The number of ether oxygens (including phenoxy) is 2. The monoisotopic (exact) mass is 472 g/mol. The van der Waals surface area contributed by atoms with E-state index in [4.69, 9.17) is 21.1 Å². The van der Waals surface area contributed by atoms with E-state index in [1.54, 1.807) is 19.2 Å². The van der Waals surface area contributed by atoms with E-state index in [-0.39, 0.29) is 6.10 Å². The van der Waals surface area contributed by atoms with Gasteiger partial charge in [0.05, 0.1) is 18.4 Å². The first-order valence-corrected chi connectivity index (χ1v) is 12.1. The largest absolute Gasteiger partial charge is 0.495 e. The molecule has 2 fully saturated rings. The van der Waals surface area contributed by atoms with Crippen LogP contribution in [0.25, 0.3) is 0 Å². The Bertz CT molecular complexity index is 967. The number of hydrogen-bond donors (Lipinski definition) is 1. The number of carboxylic acid groups (broad SMARTS) is 1. The molecular weight excluding hydrogens is 440 g/mol. The minimum absolute atomic E-state index is 0.253. The van der Waals surface area contributed by atoms with E-state index >= 15 is 0 Å². The van der Waals surface area contributed by atoms with Crippen molar-refractivity contribution in [1.29, 1.82) is 0 Å². The molecule has 2 aromatic rings. The summed E-state index contributed by atoms with van der Waals surface area (Å²) >= 11 is 6.05. The molecule has 0 spiro atoms. The van der Waals surface area contributed by atoms with E-state index in [2.05, 4.69) is 9.80 Å². The van der Waals surface area contributed by atoms with Crippen molar-refractivity contribution in [3.05, 3.63) is 52.5 Å². The number of methoxy groups -OCH3 is 1. The lowest BCUT2D eigenvalue weighted by Crippen LogP contribution is -2.43. The zero-order valence-corrected chi connectivity index (χ0v) is 20.2. The van der Waals surface area contributed by atoms with E-state index in [0.717, 1.165) is 74.7 Å². The molecule has 0 aromatic heterocycles. The predicted octanol–water partition coefficient (Wildman–Crippen LogP) is 5.12. The van der Waals surface area contributed by atoms with E-state index in [1.807, 2.05) is 31.2 Å². The van der Waals surface area contributed by atoms with Gasteiger partial charge >= 0.3 is 5.97 Å². The molecule has 2 aliphatic rings. The molecule has 1 N–H and O–H groups in total. The SMILES string of the molecule is COc1cccc(C(=O)O)c1N1CCC(CN2CCC(Oc3ccc(Cl)cc3C)CC2)CC1. The zero-order chi connectivity index (χ0) is 23.4. The molecule has 7 heteroatoms. The number of carboxylic acids is 1. The second-order valence-corrected chi connectivity index (χ2v) is 9.56. The third-order valence-electron chi connectivity index (χ3n) is 6.86. The zero-order valence-electron chi connectivity index (χ0n) is 19.4. The lowest BCUT2D eigenvalue weighted by atomic mass is 9.94. The highest BCUT2D eigenvalue weighted by molar-refractivity contribution is 6.30. The number of piperidine rings is 2. The van der Waals surface area contributed by atoms with Crippen LogP contribution in [0.4, 0.5) is 5.69 Å². The van der Waals surface area contributed by atoms with Gasteiger partial charge in [-0.2, -0.15) is 0 Å². The van der Waals surface area contributed by atoms with Gasteiger partial charge in [-0.1, -0.05) is 17.7 Å². The van der Waals surface area contributed by atoms with Gasteiger partial charge in [-0.05, 0) is 74.4 Å². The lowest BCUT2D eigenvalue weighted by Gasteiger charge is -2.39. The molecule has 0 atom stereocenters. The van der Waals surface area contributed by atoms with Gasteiger partial charge in [0.15, 0.2) is 0 Å². The van der Waals surface area contributed by atoms with E-state index < -0.39 is 5.97 Å². The number of anilines is 1. The molecule has 0 saturated carbocycles. The fourth-order valence-electron chi connectivity index (χ4n) is 5.02. The Morgan fingerprint density at radius 3 is 2.42 bits per heavy atom. The van der Waals surface area contributed by atoms with Gasteiger partial charge in [0.1, 0.15) is 17.6 Å². The fraction of sp³-hybridized carbons (Fsp3) is 0.500. The molecule has 0 bridgehead atoms. The van der Waals surface area contributed by atoms with Crippen LogP contribution in [0.2, 0.25) is 5.02 Å². The van der Waals surface area contributed by atoms with E-state index in [9.17, 15) is 9.90 Å². The van der Waals surface area contributed by atoms with Crippen molar-refractivity contribution in [3.8, 4) is 11.5 Å². The standard InChI is InChI=1S/C26H33ClN2O4/c1-18-16-20(27)6-7-23(18)33-21-10-12-28(13-11-21)17-19-8-14-29(15-9-19)25-22(26(30)31)4-3-5-24(25)32-2/h3-7,16,19,21H,8-15,17H2,1-2H3,(H,30,31). The summed E-state index contributed by atoms with van der Waals surface area (Å²) in [4.78, 5) is 16.5. The molecule has 0 aliphatic carbocycles. The number of aryl methyl sites for hydroxylation is 1. The Morgan fingerprint density at radius 2 is 1.79 bits per heavy atom. The highest BCUT2D eigenvalue weighted by Crippen LogP contribution is 2.35. The minimum atomic E-state index is -0.912. The number of carbonyl (C=O) groups is 1. The first-order chi connectivity index (χ1) is 15.9. The number of para-hydroxylation sites is 1. The van der Waals surface area contributed by atoms with Crippen molar-refractivity contribution >= 4 is 23.3 Å². The summed E-state index contributed by atoms with van der Waals surface area (Å²) < 4.78 is 11.7. The van der Waals surface area contributed by atoms with Gasteiger partial charge in [0.2, 0.25) is 0 Å². The summed E-state index contributed by atoms with van der Waals surface area (Å²) in [7, 11) is 1.60. The normalized spacial score (nSPS) is 18.3. The van der Waals surface area contributed by atoms with Crippen LogP contribution in [-0.2, 0) is 0 Å². The van der Waals surface area contributed by atoms with Crippen LogP contribution in [0.5, 0.6) is 11.5 Å². The van der Waals surface area contributed by atoms with Crippen molar-refractivity contribution in [2.24, 2.45) is 5.92 Å². The Hall–Kier alpha value is -2.44. The van der Waals surface area contributed by atoms with Gasteiger partial charge in [-0.15, -0.1) is 0 Å². The molecule has 2 saturated heterocycles. The third-order valence-corrected chi connectivity index (χ3v) is 7.10. The maximum Gasteiger partial charge on any atom is 0.337 e. The maximum atomic E-state index is 11.7. The van der Waals surface area contributed by atoms with Crippen LogP contribution < -0.4 is 14.4 Å². The smallest absolute Gasteiger partial charge is 0.337 e. The summed E-state index contributed by atoms with van der Waals surface area (Å²) in [5.41, 5.74) is 2.10. The van der Waals surface area contributed by atoms with Gasteiger partial charge in [-0.25, -0.2) is 4.79 Å². The van der Waals surface area contributed by atoms with Crippen molar-refractivity contribution in [3.63, 3.8) is 0 Å². The van der Waals surface area contributed by atoms with E-state index in [1.165, 1.54) is 0 Å². The quantitative estimate of drug-likeness (QED) is 0.603. The Balaban J connectivity index is 1.26. The molecule has 2 aromatic carbocycles. The van der Waals surface area contributed by atoms with Gasteiger partial charge in [0, 0.05) is 37.7 Å². The van der Waals surface area contributed by atoms with Crippen LogP contribution >= 0.6 is 11.6 Å². The van der Waals surface area contributed by atoms with Crippen molar-refractivity contribution in [1.82, 2.24) is 4.90 Å². The summed E-state index contributed by atoms with van der Waals surface area (Å²) in [5.74, 6) is 1.28. The molecule has 0 unspecified atom stereocenters. The molecular formula is C26H33ClN2O4. The van der Waals surface area contributed by atoms with Crippen molar-refractivity contribution in [2.75, 3.05) is 44.7 Å². The summed E-state index contributed by atoms with van der Waals surface area (Å²) in [6.07, 6.45) is 4.42. The second-order valence-electron chi connectivity index (χ2n) is 9.12. The Labute approximate surface area is 201 Å². The van der Waals surface area contributed by atoms with Gasteiger partial charge in [-0.3, -0.25) is 0 Å². The number of likely N-dealkylation sites (tertiary alicyclic amines) is 1. The first kappa shape index (κ1) is 23.7. The highest BCUT2D eigenvalue weighted by Gasteiger charge is 2.28. The lowest BCUT2D eigenvalue weighted by molar-refractivity contribution is 0.0696. The summed E-state index contributed by atoms with van der Waals surface area (Å²) in [6, 6.07) is 11.0. The molecule has 4 rings (SSSR count). The predicted molar refractivity (Wildman–Crippen MR) is 131 cm³/mol.